The van der Waals surface area contributed by atoms with Crippen LogP contribution < -0.4 is 15.4 Å². The Morgan fingerprint density at radius 2 is 1.74 bits per heavy atom. The summed E-state index contributed by atoms with van der Waals surface area (Å²) >= 11 is 6.24. The smallest absolute Gasteiger partial charge is 0.229 e. The third-order valence-electron chi connectivity index (χ3n) is 4.03. The molecule has 2 aromatic heterocycles. The highest BCUT2D eigenvalue weighted by Crippen LogP contribution is 2.29. The first-order valence-electron chi connectivity index (χ1n) is 8.96. The van der Waals surface area contributed by atoms with Gasteiger partial charge >= 0.3 is 0 Å². The number of hydrogen-bond donors (Lipinski definition) is 3. The predicted octanol–water partition coefficient (Wildman–Crippen LogP) is 3.57. The molecule has 2 aromatic carbocycles. The van der Waals surface area contributed by atoms with E-state index in [1.165, 1.54) is 12.5 Å². The zero-order valence-corrected chi connectivity index (χ0v) is 17.8. The van der Waals surface area contributed by atoms with Gasteiger partial charge in [0.05, 0.1) is 29.5 Å². The van der Waals surface area contributed by atoms with E-state index < -0.39 is 10.0 Å². The minimum atomic E-state index is -3.45. The van der Waals surface area contributed by atoms with Gasteiger partial charge in [0.2, 0.25) is 16.0 Å². The quantitative estimate of drug-likeness (QED) is 0.385. The molecular formula is C19H17ClN8O2S. The molecule has 0 spiro atoms. The van der Waals surface area contributed by atoms with Gasteiger partial charge in [0, 0.05) is 5.69 Å². The molecule has 0 aliphatic carbocycles. The van der Waals surface area contributed by atoms with E-state index in [2.05, 4.69) is 35.4 Å². The fourth-order valence-corrected chi connectivity index (χ4v) is 3.41. The van der Waals surface area contributed by atoms with Crippen molar-refractivity contribution >= 4 is 50.5 Å². The second-order valence-electron chi connectivity index (χ2n) is 6.45. The van der Waals surface area contributed by atoms with Crippen LogP contribution in [0, 0.1) is 0 Å². The molecule has 0 aliphatic rings. The van der Waals surface area contributed by atoms with Crippen LogP contribution >= 0.6 is 11.6 Å². The number of hydrogen-bond acceptors (Lipinski definition) is 8. The molecular weight excluding hydrogens is 440 g/mol. The van der Waals surface area contributed by atoms with Crippen LogP contribution in [-0.4, -0.2) is 39.4 Å². The van der Waals surface area contributed by atoms with Gasteiger partial charge in [-0.05, 0) is 36.4 Å². The van der Waals surface area contributed by atoms with Crippen LogP contribution in [0.5, 0.6) is 0 Å². The molecule has 2 heterocycles. The molecule has 0 atom stereocenters. The highest BCUT2D eigenvalue weighted by atomic mass is 35.5. The molecule has 12 heteroatoms. The Kier molecular flexibility index (Phi) is 5.69. The number of nitrogens with one attached hydrogen (secondary N) is 3. The maximum atomic E-state index is 11.6. The average Bonchev–Trinajstić information content (AvgIpc) is 3.26. The van der Waals surface area contributed by atoms with Crippen molar-refractivity contribution in [2.45, 2.75) is 0 Å². The Bertz CT molecular complexity index is 1300. The molecule has 4 aromatic rings. The lowest BCUT2D eigenvalue weighted by Crippen LogP contribution is -2.11. The van der Waals surface area contributed by atoms with Crippen molar-refractivity contribution in [1.82, 2.24) is 24.7 Å². The first kappa shape index (κ1) is 20.6. The molecule has 31 heavy (non-hydrogen) atoms. The molecule has 0 amide bonds. The van der Waals surface area contributed by atoms with Crippen LogP contribution in [-0.2, 0) is 10.0 Å². The number of nitrogens with zero attached hydrogens (tertiary/aromatic N) is 5. The van der Waals surface area contributed by atoms with E-state index in [-0.39, 0.29) is 5.02 Å². The summed E-state index contributed by atoms with van der Waals surface area (Å²) in [6.07, 6.45) is 5.61. The van der Waals surface area contributed by atoms with Crippen LogP contribution in [0.4, 0.5) is 28.8 Å². The summed E-state index contributed by atoms with van der Waals surface area (Å²) in [6, 6.07) is 14.3. The van der Waals surface area contributed by atoms with Crippen molar-refractivity contribution in [2.75, 3.05) is 21.6 Å². The molecule has 0 saturated carbocycles. The molecule has 0 unspecified atom stereocenters. The maximum absolute atomic E-state index is 11.6. The molecule has 0 bridgehead atoms. The number of anilines is 5. The molecule has 0 saturated heterocycles. The standard InChI is InChI=1S/C19H17ClN8O2S/c1-31(29,30)27-17-5-3-2-4-16(17)25-18-15(20)10-22-19(26-18)24-13-6-8-14(9-7-13)28-12-21-11-23-28/h2-12,27H,1H3,(H2,22,24,25,26). The monoisotopic (exact) mass is 456 g/mol. The summed E-state index contributed by atoms with van der Waals surface area (Å²) in [5.74, 6) is 0.634. The third kappa shape index (κ3) is 5.27. The van der Waals surface area contributed by atoms with Gasteiger partial charge in [0.25, 0.3) is 0 Å². The van der Waals surface area contributed by atoms with Gasteiger partial charge in [-0.3, -0.25) is 4.72 Å². The van der Waals surface area contributed by atoms with Crippen molar-refractivity contribution in [1.29, 1.82) is 0 Å². The average molecular weight is 457 g/mol. The van der Waals surface area contributed by atoms with Gasteiger partial charge in [0.15, 0.2) is 5.82 Å². The second kappa shape index (κ2) is 8.58. The summed E-state index contributed by atoms with van der Waals surface area (Å²) in [4.78, 5) is 12.5. The zero-order valence-electron chi connectivity index (χ0n) is 16.2. The molecule has 10 nitrogen and oxygen atoms in total. The lowest BCUT2D eigenvalue weighted by Gasteiger charge is -2.14. The topological polar surface area (TPSA) is 127 Å². The van der Waals surface area contributed by atoms with Gasteiger partial charge in [0.1, 0.15) is 17.7 Å². The fraction of sp³-hybridized carbons (Fsp3) is 0.0526. The van der Waals surface area contributed by atoms with Crippen molar-refractivity contribution in [3.05, 3.63) is 72.4 Å². The van der Waals surface area contributed by atoms with Crippen molar-refractivity contribution in [3.63, 3.8) is 0 Å². The van der Waals surface area contributed by atoms with Crippen molar-refractivity contribution in [2.24, 2.45) is 0 Å². The van der Waals surface area contributed by atoms with E-state index in [9.17, 15) is 8.42 Å². The lowest BCUT2D eigenvalue weighted by molar-refractivity contribution is 0.607. The summed E-state index contributed by atoms with van der Waals surface area (Å²) in [5.41, 5.74) is 2.49. The second-order valence-corrected chi connectivity index (χ2v) is 8.60. The van der Waals surface area contributed by atoms with Crippen LogP contribution in [0.3, 0.4) is 0 Å². The SMILES string of the molecule is CS(=O)(=O)Nc1ccccc1Nc1nc(Nc2ccc(-n3cncn3)cc2)ncc1Cl. The highest BCUT2D eigenvalue weighted by molar-refractivity contribution is 7.92. The number of para-hydroxylation sites is 2. The largest absolute Gasteiger partial charge is 0.337 e. The van der Waals surface area contributed by atoms with Crippen LogP contribution in [0.2, 0.25) is 5.02 Å². The third-order valence-corrected chi connectivity index (χ3v) is 4.89. The lowest BCUT2D eigenvalue weighted by atomic mass is 10.2. The molecule has 0 fully saturated rings. The van der Waals surface area contributed by atoms with Crippen molar-refractivity contribution < 1.29 is 8.42 Å². The number of aromatic nitrogens is 5. The Morgan fingerprint density at radius 1 is 1.00 bits per heavy atom. The fourth-order valence-electron chi connectivity index (χ4n) is 2.69. The summed E-state index contributed by atoms with van der Waals surface area (Å²) in [7, 11) is -3.45. The predicted molar refractivity (Wildman–Crippen MR) is 120 cm³/mol. The molecule has 158 valence electrons. The van der Waals surface area contributed by atoms with Crippen molar-refractivity contribution in [3.8, 4) is 5.69 Å². The molecule has 3 N–H and O–H groups in total. The summed E-state index contributed by atoms with van der Waals surface area (Å²) in [5, 5.41) is 10.5. The highest BCUT2D eigenvalue weighted by Gasteiger charge is 2.11. The number of halogens is 1. The Hall–Kier alpha value is -3.70. The van der Waals surface area contributed by atoms with Gasteiger partial charge in [-0.25, -0.2) is 23.1 Å². The van der Waals surface area contributed by atoms with Gasteiger partial charge in [-0.1, -0.05) is 23.7 Å². The van der Waals surface area contributed by atoms with Gasteiger partial charge in [-0.15, -0.1) is 0 Å². The molecule has 0 radical (unpaired) electrons. The molecule has 4 rings (SSSR count). The van der Waals surface area contributed by atoms with Gasteiger partial charge < -0.3 is 10.6 Å². The Morgan fingerprint density at radius 3 is 2.42 bits per heavy atom. The Labute approximate surface area is 183 Å². The van der Waals surface area contributed by atoms with E-state index in [0.717, 1.165) is 17.6 Å². The Balaban J connectivity index is 1.54. The summed E-state index contributed by atoms with van der Waals surface area (Å²) < 4.78 is 27.3. The van der Waals surface area contributed by atoms with E-state index >= 15 is 0 Å². The first-order valence-corrected chi connectivity index (χ1v) is 11.2. The minimum Gasteiger partial charge on any atom is -0.337 e. The van der Waals surface area contributed by atoms with E-state index in [1.54, 1.807) is 35.3 Å². The zero-order chi connectivity index (χ0) is 21.8. The number of rotatable bonds is 7. The molecule has 0 aliphatic heterocycles. The van der Waals surface area contributed by atoms with Crippen LogP contribution in [0.15, 0.2) is 67.4 Å². The first-order chi connectivity index (χ1) is 14.9. The normalized spacial score (nSPS) is 11.2. The van der Waals surface area contributed by atoms with E-state index in [4.69, 9.17) is 11.6 Å². The summed E-state index contributed by atoms with van der Waals surface area (Å²) in [6.45, 7) is 0. The van der Waals surface area contributed by atoms with Crippen LogP contribution in [0.25, 0.3) is 5.69 Å². The van der Waals surface area contributed by atoms with Gasteiger partial charge in [-0.2, -0.15) is 10.1 Å². The van der Waals surface area contributed by atoms with Crippen LogP contribution in [0.1, 0.15) is 0 Å². The minimum absolute atomic E-state index is 0.279. The van der Waals surface area contributed by atoms with E-state index in [0.29, 0.717) is 23.1 Å². The van der Waals surface area contributed by atoms with E-state index in [1.807, 2.05) is 24.3 Å². The number of sulfonamides is 1. The maximum Gasteiger partial charge on any atom is 0.229 e. The number of benzene rings is 2.